The van der Waals surface area contributed by atoms with Crippen LogP contribution in [0.1, 0.15) is 38.8 Å². The second-order valence-electron chi connectivity index (χ2n) is 8.03. The van der Waals surface area contributed by atoms with Crippen molar-refractivity contribution in [3.8, 4) is 0 Å². The van der Waals surface area contributed by atoms with E-state index in [1.54, 1.807) is 0 Å². The fourth-order valence-corrected chi connectivity index (χ4v) is 4.48. The fourth-order valence-electron chi connectivity index (χ4n) is 3.27. The molecular weight excluding hydrogens is 509 g/mol. The first-order valence-electron chi connectivity index (χ1n) is 10.8. The summed E-state index contributed by atoms with van der Waals surface area (Å²) in [4.78, 5) is 0. The average molecular weight is 545 g/mol. The van der Waals surface area contributed by atoms with Crippen molar-refractivity contribution in [2.24, 2.45) is 5.92 Å². The van der Waals surface area contributed by atoms with E-state index in [4.69, 9.17) is 5.73 Å². The molecule has 1 aliphatic carbocycles. The number of benzene rings is 3. The van der Waals surface area contributed by atoms with Crippen molar-refractivity contribution in [2.75, 3.05) is 0 Å². The van der Waals surface area contributed by atoms with Crippen LogP contribution in [0.25, 0.3) is 5.73 Å². The number of halogens is 2. The van der Waals surface area contributed by atoms with E-state index in [-0.39, 0.29) is 56.1 Å². The number of hydrogen-bond donors (Lipinski definition) is 0. The van der Waals surface area contributed by atoms with Crippen LogP contribution in [0, 0.1) is 25.8 Å². The van der Waals surface area contributed by atoms with E-state index < -0.39 is 0 Å². The van der Waals surface area contributed by atoms with Crippen LogP contribution in [0.5, 0.6) is 0 Å². The third-order valence-corrected chi connectivity index (χ3v) is 7.09. The van der Waals surface area contributed by atoms with Gasteiger partial charge in [0.25, 0.3) is 0 Å². The number of rotatable bonds is 2. The second-order valence-corrected chi connectivity index (χ2v) is 9.65. The van der Waals surface area contributed by atoms with Crippen LogP contribution >= 0.6 is 24.8 Å². The van der Waals surface area contributed by atoms with E-state index in [2.05, 4.69) is 94.4 Å². The van der Waals surface area contributed by atoms with Crippen molar-refractivity contribution >= 4 is 50.4 Å². The molecule has 4 rings (SSSR count). The topological polar surface area (TPSA) is 23.8 Å². The summed E-state index contributed by atoms with van der Waals surface area (Å²) >= 11 is 0. The fraction of sp³-hybridized carbons (Fsp3) is 0.241. The van der Waals surface area contributed by atoms with E-state index in [1.807, 2.05) is 32.0 Å². The Bertz CT molecular complexity index is 977. The molecule has 1 nitrogen and oxygen atoms in total. The molecule has 1 unspecified atom stereocenters. The predicted molar refractivity (Wildman–Crippen MR) is 154 cm³/mol. The van der Waals surface area contributed by atoms with Crippen LogP contribution in [0.4, 0.5) is 5.69 Å². The maximum absolute atomic E-state index is 7.44. The summed E-state index contributed by atoms with van der Waals surface area (Å²) in [5, 5.41) is 2.90. The third kappa shape index (κ3) is 11.3. The van der Waals surface area contributed by atoms with Crippen LogP contribution in [0.2, 0.25) is 0 Å². The van der Waals surface area contributed by atoms with E-state index in [9.17, 15) is 0 Å². The van der Waals surface area contributed by atoms with Crippen molar-refractivity contribution in [3.05, 3.63) is 119 Å². The van der Waals surface area contributed by atoms with Gasteiger partial charge in [0, 0.05) is 0 Å². The number of allylic oxidation sites excluding steroid dienone is 4. The molecule has 1 atom stereocenters. The largest absolute Gasteiger partial charge is 2.00 e. The first-order chi connectivity index (χ1) is 14.8. The molecule has 0 heterocycles. The molecule has 0 bridgehead atoms. The van der Waals surface area contributed by atoms with Crippen LogP contribution in [-0.2, 0) is 21.7 Å². The normalized spacial score (nSPS) is 13.5. The standard InChI is InChI=1S/C12H11Si.C9H13.C8H10N.2ClH.Ti/c1-3-7-11(8-4-1)13-12-9-5-2-6-10-12;1-6-5-7(2)9(4)8(6)3;1-6-4-3-5-7(2)8(6)9;;;/h1-10,13H;6H,1-4H3;3-5,9H,1-2H3;2*1H;/q;2*-1;;;+2. The third-order valence-electron chi connectivity index (χ3n) is 5.65. The van der Waals surface area contributed by atoms with Gasteiger partial charge in [0.2, 0.25) is 0 Å². The van der Waals surface area contributed by atoms with Gasteiger partial charge in [0.1, 0.15) is 9.52 Å². The first-order valence-corrected chi connectivity index (χ1v) is 12.0. The molecule has 0 spiro atoms. The Balaban J connectivity index is 0. The van der Waals surface area contributed by atoms with Crippen molar-refractivity contribution in [2.45, 2.75) is 41.5 Å². The molecule has 0 fully saturated rings. The minimum atomic E-state index is 0. The summed E-state index contributed by atoms with van der Waals surface area (Å²) in [6.45, 7) is 12.6. The SMILES string of the molecule is CC1=[C-]C(C)C(C)=C1C.Cc1cccc(C)c1[NH-].Cl.Cl.[Ti+2].c1ccc([SiH]c2ccccc2)cc1. The van der Waals surface area contributed by atoms with E-state index in [0.717, 1.165) is 11.1 Å². The van der Waals surface area contributed by atoms with Crippen molar-refractivity contribution in [1.82, 2.24) is 0 Å². The molecule has 3 aromatic carbocycles. The van der Waals surface area contributed by atoms with Crippen molar-refractivity contribution in [3.63, 3.8) is 0 Å². The van der Waals surface area contributed by atoms with Gasteiger partial charge in [-0.3, -0.25) is 6.08 Å². The molecule has 1 aliphatic rings. The van der Waals surface area contributed by atoms with Crippen LogP contribution in [0.3, 0.4) is 0 Å². The number of hydrogen-bond acceptors (Lipinski definition) is 0. The first kappa shape index (κ1) is 34.6. The van der Waals surface area contributed by atoms with Gasteiger partial charge >= 0.3 is 21.7 Å². The molecule has 34 heavy (non-hydrogen) atoms. The van der Waals surface area contributed by atoms with Gasteiger partial charge in [-0.1, -0.05) is 127 Å². The zero-order valence-electron chi connectivity index (χ0n) is 21.0. The smallest absolute Gasteiger partial charge is 0.698 e. The number of nitrogens with one attached hydrogen (secondary N) is 1. The van der Waals surface area contributed by atoms with Crippen LogP contribution in [-0.4, -0.2) is 9.52 Å². The molecule has 0 saturated heterocycles. The Hall–Kier alpha value is -1.55. The predicted octanol–water partition coefficient (Wildman–Crippen LogP) is 7.62. The second kappa shape index (κ2) is 17.8. The zero-order valence-corrected chi connectivity index (χ0v) is 25.3. The summed E-state index contributed by atoms with van der Waals surface area (Å²) in [6.07, 6.45) is 3.36. The summed E-state index contributed by atoms with van der Waals surface area (Å²) in [7, 11) is 0.271. The van der Waals surface area contributed by atoms with E-state index in [1.165, 1.54) is 27.1 Å². The minimum Gasteiger partial charge on any atom is -0.698 e. The quantitative estimate of drug-likeness (QED) is 0.234. The van der Waals surface area contributed by atoms with Crippen molar-refractivity contribution < 1.29 is 21.7 Å². The van der Waals surface area contributed by atoms with Gasteiger partial charge in [-0.15, -0.1) is 37.4 Å². The molecule has 3 aromatic rings. The maximum atomic E-state index is 7.44. The Kier molecular flexibility index (Phi) is 18.1. The number of aryl methyl sites for hydroxylation is 2. The van der Waals surface area contributed by atoms with Crippen molar-refractivity contribution in [1.29, 1.82) is 0 Å². The van der Waals surface area contributed by atoms with Gasteiger partial charge in [0.05, 0.1) is 0 Å². The molecule has 1 N–H and O–H groups in total. The van der Waals surface area contributed by atoms with Crippen LogP contribution in [0.15, 0.2) is 95.6 Å². The molecule has 0 aromatic heterocycles. The zero-order chi connectivity index (χ0) is 22.8. The Morgan fingerprint density at radius 1 is 0.676 bits per heavy atom. The van der Waals surface area contributed by atoms with Gasteiger partial charge in [0.15, 0.2) is 0 Å². The van der Waals surface area contributed by atoms with E-state index >= 15 is 0 Å². The van der Waals surface area contributed by atoms with Gasteiger partial charge in [-0.05, 0) is 13.8 Å². The maximum Gasteiger partial charge on any atom is 2.00 e. The molecule has 0 aliphatic heterocycles. The molecule has 1 radical (unpaired) electrons. The Morgan fingerprint density at radius 2 is 1.09 bits per heavy atom. The average Bonchev–Trinajstić information content (AvgIpc) is 3.00. The molecule has 0 saturated carbocycles. The summed E-state index contributed by atoms with van der Waals surface area (Å²) in [5.41, 5.74) is 14.5. The molecular formula is C29H36Cl2NSiTi. The monoisotopic (exact) mass is 544 g/mol. The van der Waals surface area contributed by atoms with Gasteiger partial charge in [-0.25, -0.2) is 5.57 Å². The van der Waals surface area contributed by atoms with Gasteiger partial charge in [-0.2, -0.15) is 11.1 Å². The Labute approximate surface area is 236 Å². The minimum absolute atomic E-state index is 0. The summed E-state index contributed by atoms with van der Waals surface area (Å²) in [6, 6.07) is 27.2. The van der Waals surface area contributed by atoms with Crippen LogP contribution < -0.4 is 10.4 Å². The van der Waals surface area contributed by atoms with Gasteiger partial charge < -0.3 is 5.73 Å². The van der Waals surface area contributed by atoms with E-state index in [0.29, 0.717) is 11.6 Å². The molecule has 179 valence electrons. The molecule has 0 amide bonds. The molecule has 5 heteroatoms. The Morgan fingerprint density at radius 3 is 1.35 bits per heavy atom. The summed E-state index contributed by atoms with van der Waals surface area (Å²) in [5.74, 6) is 0.560. The summed E-state index contributed by atoms with van der Waals surface area (Å²) < 4.78 is 0.